The molecule has 0 bridgehead atoms. The lowest BCUT2D eigenvalue weighted by atomic mass is 10.1. The SMILES string of the molecule is O=C(Nc1ccc(S(=O)(=O)N(Cc2ccc(F)cc2)Cc2ccccc2C(F)(F)F)cc1)C1CC1c1ccncc1. The van der Waals surface area contributed by atoms with E-state index in [1.165, 1.54) is 54.6 Å². The average molecular weight is 584 g/mol. The van der Waals surface area contributed by atoms with Crippen LogP contribution in [0.5, 0.6) is 0 Å². The highest BCUT2D eigenvalue weighted by atomic mass is 32.2. The number of rotatable bonds is 9. The third-order valence-corrected chi connectivity index (χ3v) is 8.77. The summed E-state index contributed by atoms with van der Waals surface area (Å²) in [5.41, 5.74) is 0.651. The van der Waals surface area contributed by atoms with Crippen LogP contribution in [0.25, 0.3) is 0 Å². The summed E-state index contributed by atoms with van der Waals surface area (Å²) < 4.78 is 82.8. The summed E-state index contributed by atoms with van der Waals surface area (Å²) in [7, 11) is -4.31. The van der Waals surface area contributed by atoms with Crippen LogP contribution in [0.15, 0.2) is 102 Å². The number of nitrogens with zero attached hydrogens (tertiary/aromatic N) is 2. The second-order valence-corrected chi connectivity index (χ2v) is 11.7. The van der Waals surface area contributed by atoms with Crippen LogP contribution in [0.1, 0.15) is 34.6 Å². The van der Waals surface area contributed by atoms with E-state index in [2.05, 4.69) is 10.3 Å². The Balaban J connectivity index is 1.36. The molecule has 0 saturated heterocycles. The lowest BCUT2D eigenvalue weighted by Gasteiger charge is -2.24. The first kappa shape index (κ1) is 28.4. The summed E-state index contributed by atoms with van der Waals surface area (Å²) in [6.07, 6.45) is -0.647. The largest absolute Gasteiger partial charge is 0.416 e. The molecule has 0 spiro atoms. The van der Waals surface area contributed by atoms with E-state index in [0.717, 1.165) is 28.1 Å². The number of carbonyl (C=O) groups excluding carboxylic acids is 1. The Kier molecular flexibility index (Phi) is 7.92. The molecule has 41 heavy (non-hydrogen) atoms. The van der Waals surface area contributed by atoms with Gasteiger partial charge >= 0.3 is 6.18 Å². The molecule has 1 heterocycles. The normalized spacial score (nSPS) is 16.9. The first-order chi connectivity index (χ1) is 19.5. The summed E-state index contributed by atoms with van der Waals surface area (Å²) in [6.45, 7) is -0.850. The molecule has 0 radical (unpaired) electrons. The van der Waals surface area contributed by atoms with Gasteiger partial charge in [0.05, 0.1) is 10.5 Å². The van der Waals surface area contributed by atoms with Crippen molar-refractivity contribution < 1.29 is 30.8 Å². The Morgan fingerprint density at radius 3 is 2.22 bits per heavy atom. The minimum Gasteiger partial charge on any atom is -0.326 e. The summed E-state index contributed by atoms with van der Waals surface area (Å²) in [5, 5.41) is 2.80. The van der Waals surface area contributed by atoms with Crippen LogP contribution in [0.3, 0.4) is 0 Å². The van der Waals surface area contributed by atoms with E-state index in [-0.39, 0.29) is 34.7 Å². The van der Waals surface area contributed by atoms with E-state index in [0.29, 0.717) is 17.7 Å². The molecule has 1 saturated carbocycles. The number of halogens is 4. The Morgan fingerprint density at radius 1 is 0.902 bits per heavy atom. The van der Waals surface area contributed by atoms with E-state index in [1.54, 1.807) is 12.4 Å². The summed E-state index contributed by atoms with van der Waals surface area (Å²) in [6, 6.07) is 19.0. The van der Waals surface area contributed by atoms with Crippen LogP contribution in [0, 0.1) is 11.7 Å². The fraction of sp³-hybridized carbons (Fsp3) is 0.200. The Hall–Kier alpha value is -4.09. The molecule has 1 amide bonds. The van der Waals surface area contributed by atoms with E-state index in [4.69, 9.17) is 0 Å². The fourth-order valence-corrected chi connectivity index (χ4v) is 6.11. The van der Waals surface area contributed by atoms with Gasteiger partial charge in [-0.1, -0.05) is 30.3 Å². The number of sulfonamides is 1. The number of hydrogen-bond donors (Lipinski definition) is 1. The first-order valence-electron chi connectivity index (χ1n) is 12.7. The summed E-state index contributed by atoms with van der Waals surface area (Å²) in [4.78, 5) is 16.5. The van der Waals surface area contributed by atoms with Crippen molar-refractivity contribution in [2.45, 2.75) is 36.5 Å². The van der Waals surface area contributed by atoms with Gasteiger partial charge in [-0.05, 0) is 83.6 Å². The maximum Gasteiger partial charge on any atom is 0.416 e. The summed E-state index contributed by atoms with van der Waals surface area (Å²) in [5.74, 6) is -0.830. The predicted octanol–water partition coefficient (Wildman–Crippen LogP) is 6.37. The molecule has 4 aromatic rings. The zero-order valence-electron chi connectivity index (χ0n) is 21.6. The molecule has 1 aromatic heterocycles. The predicted molar refractivity (Wildman–Crippen MR) is 144 cm³/mol. The highest BCUT2D eigenvalue weighted by Crippen LogP contribution is 2.47. The van der Waals surface area contributed by atoms with Crippen molar-refractivity contribution in [1.82, 2.24) is 9.29 Å². The van der Waals surface area contributed by atoms with Gasteiger partial charge in [0.2, 0.25) is 15.9 Å². The van der Waals surface area contributed by atoms with Crippen LogP contribution in [0.4, 0.5) is 23.2 Å². The highest BCUT2D eigenvalue weighted by molar-refractivity contribution is 7.89. The molecule has 3 aromatic carbocycles. The van der Waals surface area contributed by atoms with Crippen molar-refractivity contribution >= 4 is 21.6 Å². The Labute approximate surface area is 234 Å². The summed E-state index contributed by atoms with van der Waals surface area (Å²) >= 11 is 0. The smallest absolute Gasteiger partial charge is 0.326 e. The molecule has 5 rings (SSSR count). The maximum atomic E-state index is 13.7. The van der Waals surface area contributed by atoms with Crippen LogP contribution < -0.4 is 5.32 Å². The molecule has 1 N–H and O–H groups in total. The van der Waals surface area contributed by atoms with Gasteiger partial charge in [0.1, 0.15) is 5.82 Å². The maximum absolute atomic E-state index is 13.7. The van der Waals surface area contributed by atoms with Gasteiger partial charge in [-0.15, -0.1) is 0 Å². The minimum atomic E-state index is -4.68. The molecule has 1 fully saturated rings. The average Bonchev–Trinajstić information content (AvgIpc) is 3.76. The number of anilines is 1. The molecule has 0 aliphatic heterocycles. The Morgan fingerprint density at radius 2 is 1.56 bits per heavy atom. The quantitative estimate of drug-likeness (QED) is 0.232. The molecule has 2 atom stereocenters. The lowest BCUT2D eigenvalue weighted by Crippen LogP contribution is -2.31. The zero-order valence-corrected chi connectivity index (χ0v) is 22.4. The standard InChI is InChI=1S/C30H25F4N3O3S/c31-23-7-5-20(6-8-23)18-37(19-22-3-1-2-4-28(22)30(32,33)34)41(39,40)25-11-9-24(10-12-25)36-29(38)27-17-26(27)21-13-15-35-16-14-21/h1-16,26-27H,17-19H2,(H,36,38). The van der Waals surface area contributed by atoms with Crippen molar-refractivity contribution in [2.75, 3.05) is 5.32 Å². The van der Waals surface area contributed by atoms with Gasteiger partial charge in [-0.2, -0.15) is 17.5 Å². The molecular weight excluding hydrogens is 558 g/mol. The zero-order chi connectivity index (χ0) is 29.2. The van der Waals surface area contributed by atoms with Gasteiger partial charge in [-0.25, -0.2) is 12.8 Å². The number of aromatic nitrogens is 1. The molecule has 1 aliphatic rings. The van der Waals surface area contributed by atoms with E-state index >= 15 is 0 Å². The highest BCUT2D eigenvalue weighted by Gasteiger charge is 2.44. The van der Waals surface area contributed by atoms with Crippen molar-refractivity contribution in [1.29, 1.82) is 0 Å². The molecule has 6 nitrogen and oxygen atoms in total. The van der Waals surface area contributed by atoms with Gasteiger partial charge < -0.3 is 5.32 Å². The second kappa shape index (κ2) is 11.4. The number of alkyl halides is 3. The number of benzene rings is 3. The molecule has 11 heteroatoms. The van der Waals surface area contributed by atoms with Gasteiger partial charge in [0, 0.05) is 37.1 Å². The number of hydrogen-bond acceptors (Lipinski definition) is 4. The van der Waals surface area contributed by atoms with Gasteiger partial charge in [0.25, 0.3) is 0 Å². The van der Waals surface area contributed by atoms with Crippen molar-refractivity contribution in [3.8, 4) is 0 Å². The van der Waals surface area contributed by atoms with E-state index in [9.17, 15) is 30.8 Å². The van der Waals surface area contributed by atoms with Gasteiger partial charge in [-0.3, -0.25) is 9.78 Å². The van der Waals surface area contributed by atoms with E-state index < -0.39 is 34.1 Å². The molecular formula is C30H25F4N3O3S. The van der Waals surface area contributed by atoms with Crippen LogP contribution >= 0.6 is 0 Å². The van der Waals surface area contributed by atoms with Gasteiger partial charge in [0.15, 0.2) is 0 Å². The first-order valence-corrected chi connectivity index (χ1v) is 14.2. The van der Waals surface area contributed by atoms with Crippen LogP contribution in [0.2, 0.25) is 0 Å². The van der Waals surface area contributed by atoms with Crippen molar-refractivity contribution in [3.05, 3.63) is 125 Å². The second-order valence-electron chi connectivity index (χ2n) is 9.80. The van der Waals surface area contributed by atoms with Crippen molar-refractivity contribution in [3.63, 3.8) is 0 Å². The molecule has 1 aliphatic carbocycles. The number of nitrogens with one attached hydrogen (secondary N) is 1. The number of amides is 1. The third-order valence-electron chi connectivity index (χ3n) is 6.96. The minimum absolute atomic E-state index is 0.0947. The van der Waals surface area contributed by atoms with Crippen LogP contribution in [-0.2, 0) is 34.1 Å². The topological polar surface area (TPSA) is 79.4 Å². The monoisotopic (exact) mass is 583 g/mol. The number of pyridine rings is 1. The van der Waals surface area contributed by atoms with Crippen LogP contribution in [-0.4, -0.2) is 23.6 Å². The Bertz CT molecular complexity index is 1630. The van der Waals surface area contributed by atoms with E-state index in [1.807, 2.05) is 12.1 Å². The molecule has 212 valence electrons. The lowest BCUT2D eigenvalue weighted by molar-refractivity contribution is -0.138. The third kappa shape index (κ3) is 6.63. The number of carbonyl (C=O) groups is 1. The fourth-order valence-electron chi connectivity index (χ4n) is 4.70. The van der Waals surface area contributed by atoms with Crippen molar-refractivity contribution in [2.24, 2.45) is 5.92 Å². The molecule has 2 unspecified atom stereocenters.